The van der Waals surface area contributed by atoms with Crippen LogP contribution in [0.5, 0.6) is 5.75 Å². The minimum atomic E-state index is -0.441. The zero-order chi connectivity index (χ0) is 28.4. The maximum absolute atomic E-state index is 14.7. The van der Waals surface area contributed by atoms with Gasteiger partial charge in [-0.05, 0) is 88.3 Å². The first-order chi connectivity index (χ1) is 19.1. The second-order valence-electron chi connectivity index (χ2n) is 11.3. The SMILES string of the molecule is C=NC(=N/C(NC1CC2CCCN2C(C)(C)C1)=C(\C)F)Nc1ccc(O[C@H]2CCOC2)c(-n2nnn(C)c2=O)c1. The highest BCUT2D eigenvalue weighted by molar-refractivity contribution is 5.97. The van der Waals surface area contributed by atoms with E-state index in [1.807, 2.05) is 0 Å². The second kappa shape index (κ2) is 11.5. The van der Waals surface area contributed by atoms with Gasteiger partial charge < -0.3 is 20.1 Å². The van der Waals surface area contributed by atoms with E-state index in [2.05, 4.69) is 56.5 Å². The normalized spacial score (nSPS) is 25.3. The lowest BCUT2D eigenvalue weighted by Gasteiger charge is -2.48. The van der Waals surface area contributed by atoms with Crippen LogP contribution < -0.4 is 21.1 Å². The Morgan fingerprint density at radius 3 is 2.80 bits per heavy atom. The summed E-state index contributed by atoms with van der Waals surface area (Å²) in [7, 11) is 1.52. The van der Waals surface area contributed by atoms with Crippen molar-refractivity contribution in [1.82, 2.24) is 30.0 Å². The molecule has 2 N–H and O–H groups in total. The number of tetrazole rings is 1. The van der Waals surface area contributed by atoms with Crippen molar-refractivity contribution < 1.29 is 13.9 Å². The van der Waals surface area contributed by atoms with E-state index in [4.69, 9.17) is 9.47 Å². The highest BCUT2D eigenvalue weighted by atomic mass is 19.1. The van der Waals surface area contributed by atoms with E-state index >= 15 is 0 Å². The molecule has 3 fully saturated rings. The van der Waals surface area contributed by atoms with Crippen molar-refractivity contribution in [1.29, 1.82) is 0 Å². The number of hydrogen-bond donors (Lipinski definition) is 2. The number of fused-ring (bicyclic) bond motifs is 1. The van der Waals surface area contributed by atoms with Crippen molar-refractivity contribution >= 4 is 18.4 Å². The fourth-order valence-corrected chi connectivity index (χ4v) is 5.97. The lowest BCUT2D eigenvalue weighted by Crippen LogP contribution is -2.56. The summed E-state index contributed by atoms with van der Waals surface area (Å²) in [6, 6.07) is 5.73. The smallest absolute Gasteiger partial charge is 0.368 e. The van der Waals surface area contributed by atoms with Gasteiger partial charge in [0, 0.05) is 36.8 Å². The summed E-state index contributed by atoms with van der Waals surface area (Å²) >= 11 is 0. The van der Waals surface area contributed by atoms with Crippen LogP contribution in [-0.2, 0) is 11.8 Å². The van der Waals surface area contributed by atoms with Gasteiger partial charge in [0.05, 0.1) is 13.2 Å². The molecule has 12 nitrogen and oxygen atoms in total. The highest BCUT2D eigenvalue weighted by Crippen LogP contribution is 2.38. The van der Waals surface area contributed by atoms with Crippen molar-refractivity contribution in [2.45, 2.75) is 76.6 Å². The van der Waals surface area contributed by atoms with E-state index in [0.717, 1.165) is 41.6 Å². The molecule has 40 heavy (non-hydrogen) atoms. The van der Waals surface area contributed by atoms with Gasteiger partial charge in [0.1, 0.15) is 23.4 Å². The number of nitrogens with one attached hydrogen (secondary N) is 2. The van der Waals surface area contributed by atoms with Crippen LogP contribution >= 0.6 is 0 Å². The lowest BCUT2D eigenvalue weighted by atomic mass is 9.84. The number of aliphatic imine (C=N–C) groups is 2. The molecule has 0 bridgehead atoms. The Morgan fingerprint density at radius 2 is 2.12 bits per heavy atom. The van der Waals surface area contributed by atoms with Crippen LogP contribution in [0.2, 0.25) is 0 Å². The summed E-state index contributed by atoms with van der Waals surface area (Å²) in [6.45, 7) is 11.7. The van der Waals surface area contributed by atoms with E-state index in [0.29, 0.717) is 36.4 Å². The number of benzene rings is 1. The summed E-state index contributed by atoms with van der Waals surface area (Å²) in [5.74, 6) is 0.237. The van der Waals surface area contributed by atoms with E-state index in [9.17, 15) is 9.18 Å². The fraction of sp³-hybridized carbons (Fsp3) is 0.593. The largest absolute Gasteiger partial charge is 0.486 e. The molecule has 2 unspecified atom stereocenters. The van der Waals surface area contributed by atoms with Crippen molar-refractivity contribution in [2.75, 3.05) is 25.1 Å². The van der Waals surface area contributed by atoms with Crippen LogP contribution in [0.1, 0.15) is 52.9 Å². The molecule has 3 atom stereocenters. The van der Waals surface area contributed by atoms with E-state index in [1.165, 1.54) is 20.4 Å². The Bertz CT molecular complexity index is 1360. The summed E-state index contributed by atoms with van der Waals surface area (Å²) in [5.41, 5.74) is 0.514. The number of nitrogens with zero attached hydrogens (tertiary/aromatic N) is 7. The Morgan fingerprint density at radius 1 is 1.30 bits per heavy atom. The molecule has 13 heteroatoms. The van der Waals surface area contributed by atoms with Gasteiger partial charge in [-0.1, -0.05) is 0 Å². The molecule has 0 radical (unpaired) electrons. The number of allylic oxidation sites excluding steroid dienone is 1. The second-order valence-corrected chi connectivity index (χ2v) is 11.3. The van der Waals surface area contributed by atoms with Crippen molar-refractivity contribution in [3.05, 3.63) is 40.3 Å². The topological polar surface area (TPSA) is 123 Å². The van der Waals surface area contributed by atoms with Crippen molar-refractivity contribution in [3.63, 3.8) is 0 Å². The predicted octanol–water partition coefficient (Wildman–Crippen LogP) is 2.76. The Hall–Kier alpha value is -3.58. The Labute approximate surface area is 232 Å². The number of aromatic nitrogens is 4. The number of guanidine groups is 1. The third kappa shape index (κ3) is 5.94. The van der Waals surface area contributed by atoms with Gasteiger partial charge >= 0.3 is 5.69 Å². The van der Waals surface area contributed by atoms with Gasteiger partial charge in [-0.15, -0.1) is 0 Å². The summed E-state index contributed by atoms with van der Waals surface area (Å²) in [5, 5.41) is 14.2. The van der Waals surface area contributed by atoms with Crippen LogP contribution in [-0.4, -0.2) is 80.9 Å². The number of anilines is 1. The van der Waals surface area contributed by atoms with Crippen LogP contribution in [0.15, 0.2) is 44.6 Å². The number of halogens is 1. The zero-order valence-corrected chi connectivity index (χ0v) is 23.6. The average Bonchev–Trinajstić information content (AvgIpc) is 3.67. The molecule has 3 saturated heterocycles. The molecule has 2 aromatic rings. The van der Waals surface area contributed by atoms with Gasteiger partial charge in [0.25, 0.3) is 0 Å². The Kier molecular flexibility index (Phi) is 8.04. The molecule has 4 heterocycles. The average molecular weight is 556 g/mol. The first kappa shape index (κ1) is 28.0. The summed E-state index contributed by atoms with van der Waals surface area (Å²) < 4.78 is 28.5. The maximum Gasteiger partial charge on any atom is 0.368 e. The van der Waals surface area contributed by atoms with E-state index < -0.39 is 11.5 Å². The van der Waals surface area contributed by atoms with Gasteiger partial charge in [-0.25, -0.2) is 14.2 Å². The van der Waals surface area contributed by atoms with Crippen molar-refractivity contribution in [3.8, 4) is 11.4 Å². The minimum absolute atomic E-state index is 0.0249. The van der Waals surface area contributed by atoms with Gasteiger partial charge in [0.15, 0.2) is 5.82 Å². The number of hydrogen-bond acceptors (Lipinski definition) is 8. The first-order valence-electron chi connectivity index (χ1n) is 13.7. The quantitative estimate of drug-likeness (QED) is 0.395. The number of aryl methyl sites for hydroxylation is 1. The third-order valence-corrected chi connectivity index (χ3v) is 7.84. The number of rotatable bonds is 7. The van der Waals surface area contributed by atoms with Crippen molar-refractivity contribution in [2.24, 2.45) is 17.0 Å². The van der Waals surface area contributed by atoms with Crippen LogP contribution in [0.25, 0.3) is 5.69 Å². The number of piperidine rings is 1. The molecule has 3 aliphatic rings. The first-order valence-corrected chi connectivity index (χ1v) is 13.7. The molecule has 216 valence electrons. The maximum atomic E-state index is 14.7. The van der Waals surface area contributed by atoms with Gasteiger partial charge in [0.2, 0.25) is 5.96 Å². The van der Waals surface area contributed by atoms with Crippen LogP contribution in [0.4, 0.5) is 10.1 Å². The van der Waals surface area contributed by atoms with E-state index in [-0.39, 0.29) is 29.5 Å². The molecule has 1 aromatic carbocycles. The minimum Gasteiger partial charge on any atom is -0.486 e. The van der Waals surface area contributed by atoms with Crippen LogP contribution in [0.3, 0.4) is 0 Å². The summed E-state index contributed by atoms with van der Waals surface area (Å²) in [6.07, 6.45) is 4.77. The molecule has 0 aliphatic carbocycles. The van der Waals surface area contributed by atoms with Crippen LogP contribution in [0, 0.1) is 0 Å². The fourth-order valence-electron chi connectivity index (χ4n) is 5.97. The summed E-state index contributed by atoms with van der Waals surface area (Å²) in [4.78, 5) is 23.7. The van der Waals surface area contributed by atoms with Gasteiger partial charge in [-0.3, -0.25) is 4.90 Å². The van der Waals surface area contributed by atoms with E-state index in [1.54, 1.807) is 18.2 Å². The molecule has 0 amide bonds. The molecule has 0 saturated carbocycles. The molecule has 1 aromatic heterocycles. The molecule has 5 rings (SSSR count). The number of ether oxygens (including phenoxy) is 2. The highest BCUT2D eigenvalue weighted by Gasteiger charge is 2.43. The third-order valence-electron chi connectivity index (χ3n) is 7.84. The van der Waals surface area contributed by atoms with Gasteiger partial charge in [-0.2, -0.15) is 14.4 Å². The molecule has 3 aliphatic heterocycles. The monoisotopic (exact) mass is 555 g/mol. The molecular weight excluding hydrogens is 517 g/mol. The predicted molar refractivity (Wildman–Crippen MR) is 151 cm³/mol. The zero-order valence-electron chi connectivity index (χ0n) is 23.6. The molecular formula is C27H38FN9O3. The molecule has 0 spiro atoms. The Balaban J connectivity index is 1.38. The lowest BCUT2D eigenvalue weighted by molar-refractivity contribution is 0.0398. The standard InChI is InChI=1S/C27H38FN9O3/c1-17(28)24(30-19-13-20-7-6-11-36(20)27(2,3)15-19)32-25(29-4)31-18-8-9-23(40-21-10-12-39-16-21)22(14-18)37-26(38)35(5)33-34-37/h8-9,14,19-21,30H,4,6-7,10-13,15-16H2,1-3,5H3,(H,31,32)/b24-17+/t19?,20?,21-/m0/s1.